The number of amides is 5. The van der Waals surface area contributed by atoms with Crippen molar-refractivity contribution < 1.29 is 48.1 Å². The first kappa shape index (κ1) is 87.0. The minimum atomic E-state index is -1.57. The van der Waals surface area contributed by atoms with Crippen molar-refractivity contribution in [3.8, 4) is 23.0 Å². The molecule has 0 fully saturated rings. The number of unbranched alkanes of at least 4 members (excludes halogenated alkanes) is 12. The van der Waals surface area contributed by atoms with E-state index in [0.29, 0.717) is 128 Å². The zero-order valence-electron chi connectivity index (χ0n) is 75.9. The molecule has 127 heavy (non-hydrogen) atoms. The number of fused-ring (bicyclic) bond motifs is 2. The number of rotatable bonds is 35. The summed E-state index contributed by atoms with van der Waals surface area (Å²) in [6.45, 7) is 29.1. The Labute approximate surface area is 746 Å². The monoisotopic (exact) mass is 1690 g/mol. The summed E-state index contributed by atoms with van der Waals surface area (Å²) in [7, 11) is 0. The molecule has 0 saturated heterocycles. The van der Waals surface area contributed by atoms with Crippen molar-refractivity contribution in [2.24, 2.45) is 5.92 Å². The van der Waals surface area contributed by atoms with Gasteiger partial charge in [0.15, 0.2) is 17.8 Å². The molecular formula is C112H119N5O10. The fraction of sp³-hybridized carbons (Fsp3) is 0.366. The SMILES string of the molecule is CCCCCCN(CCCCCC)c1ccc2c3c(cccc13)C(=O)C(c1ccc(Oc3cc4c5c(ccc6c7c(Oc8ccc(N9C(=O)c%10cccc%11c(N(CCCCCC)CCCCCC)ccc(c%10%11)C9=O)cc8)cc8c9c(ccc(c3c56)c97)C(=O)N(c3c(C(C)C)cccc3C(C)C)C8O)C(=O)N(c3c(CC(C)C)cccc3C(C)C)C4=O)cc1)CCC2=O. The number of ether oxygens (including phenoxy) is 2. The number of hydrogen-bond acceptors (Lipinski definition) is 12. The van der Waals surface area contributed by atoms with Gasteiger partial charge in [0.05, 0.1) is 22.6 Å². The first-order valence-corrected chi connectivity index (χ1v) is 47.1. The number of aliphatic hydroxyl groups excluding tert-OH is 1. The molecular weight excluding hydrogens is 1580 g/mol. The molecule has 0 spiro atoms. The summed E-state index contributed by atoms with van der Waals surface area (Å²) in [6, 6.07) is 57.0. The van der Waals surface area contributed by atoms with Crippen LogP contribution >= 0.6 is 0 Å². The van der Waals surface area contributed by atoms with Gasteiger partial charge in [-0.25, -0.2) is 9.80 Å². The summed E-state index contributed by atoms with van der Waals surface area (Å²) in [5.74, 6) is -1.93. The molecule has 5 amide bonds. The van der Waals surface area contributed by atoms with E-state index in [1.807, 2.05) is 121 Å². The Morgan fingerprint density at radius 2 is 0.811 bits per heavy atom. The average molecular weight is 1700 g/mol. The highest BCUT2D eigenvalue weighted by atomic mass is 16.5. The third-order valence-electron chi connectivity index (χ3n) is 27.2. The Morgan fingerprint density at radius 3 is 1.34 bits per heavy atom. The van der Waals surface area contributed by atoms with E-state index in [-0.39, 0.29) is 70.7 Å². The largest absolute Gasteiger partial charge is 0.457 e. The number of aliphatic hydroxyl groups is 1. The second kappa shape index (κ2) is 36.7. The van der Waals surface area contributed by atoms with Crippen LogP contribution in [-0.2, 0) is 6.42 Å². The highest BCUT2D eigenvalue weighted by Gasteiger charge is 2.44. The minimum absolute atomic E-state index is 0.0101. The number of carbonyl (C=O) groups excluding carboxylic acids is 7. The van der Waals surface area contributed by atoms with Gasteiger partial charge in [0.2, 0.25) is 0 Å². The highest BCUT2D eigenvalue weighted by Crippen LogP contribution is 2.57. The number of carbonyl (C=O) groups is 7. The lowest BCUT2D eigenvalue weighted by Crippen LogP contribution is -2.42. The van der Waals surface area contributed by atoms with Gasteiger partial charge in [0.1, 0.15) is 23.0 Å². The summed E-state index contributed by atoms with van der Waals surface area (Å²) in [5.41, 5.74) is 10.9. The standard InChI is InChI=1S/C112H119N5O10/c1-13-17-21-25-59-113(60-26-22-18-14-2)91-56-53-81-93(118)58-55-78(106(119)84-39-31-37-79(91)96(81)84)70-41-45-73(46-42-70)126-94-64-89-98-87(109(122)116(111(89)124)104-71(63-66(5)6)33-29-34-75(104)67(7)8)51-49-82-101-95(65-90-99-88(52-50-83(103(99)101)100(94)102(82)98)110(123)117(112(90)125)105-76(68(9)10)35-30-36-77(105)69(11)12)127-74-47-43-72(44-48-74)115-107(120)85-40-32-38-80-92(57-54-86(97(80)85)108(115)121)114(61-27-23-19-15-3)62-28-24-20-16-4/h29-54,56-57,64-69,78,112,125H,13-28,55,58-63H2,1-12H3. The third kappa shape index (κ3) is 15.8. The number of Topliss-reactive ketones (excluding diaryl/α,β-unsaturated/α-hetero) is 2. The summed E-state index contributed by atoms with van der Waals surface area (Å²) in [4.78, 5) is 119. The number of anilines is 5. The van der Waals surface area contributed by atoms with Crippen molar-refractivity contribution in [2.45, 2.75) is 235 Å². The van der Waals surface area contributed by atoms with Crippen LogP contribution in [0.5, 0.6) is 23.0 Å². The van der Waals surface area contributed by atoms with Gasteiger partial charge in [-0.3, -0.25) is 38.5 Å². The van der Waals surface area contributed by atoms with E-state index < -0.39 is 41.7 Å². The average Bonchev–Trinajstić information content (AvgIpc) is 0.675. The van der Waals surface area contributed by atoms with Crippen LogP contribution in [0.15, 0.2) is 182 Å². The van der Waals surface area contributed by atoms with Crippen molar-refractivity contribution >= 4 is 134 Å². The van der Waals surface area contributed by atoms with Crippen LogP contribution in [0.2, 0.25) is 0 Å². The van der Waals surface area contributed by atoms with Crippen LogP contribution < -0.4 is 34.0 Å². The molecule has 13 aromatic carbocycles. The van der Waals surface area contributed by atoms with Crippen LogP contribution in [0.1, 0.15) is 334 Å². The van der Waals surface area contributed by atoms with Gasteiger partial charge in [-0.1, -0.05) is 251 Å². The second-order valence-corrected chi connectivity index (χ2v) is 37.2. The fourth-order valence-corrected chi connectivity index (χ4v) is 20.9. The van der Waals surface area contributed by atoms with Crippen LogP contribution in [0, 0.1) is 5.92 Å². The van der Waals surface area contributed by atoms with Gasteiger partial charge >= 0.3 is 0 Å². The molecule has 4 aliphatic rings. The molecule has 0 bridgehead atoms. The molecule has 15 heteroatoms. The zero-order valence-corrected chi connectivity index (χ0v) is 75.9. The van der Waals surface area contributed by atoms with Gasteiger partial charge in [-0.2, -0.15) is 0 Å². The second-order valence-electron chi connectivity index (χ2n) is 37.2. The van der Waals surface area contributed by atoms with Crippen LogP contribution in [0.4, 0.5) is 28.4 Å². The molecule has 3 aliphatic heterocycles. The molecule has 1 aliphatic carbocycles. The molecule has 0 aromatic heterocycles. The number of para-hydroxylation sites is 2. The number of ketones is 2. The number of nitrogens with zero attached hydrogens (tertiary/aromatic N) is 5. The van der Waals surface area contributed by atoms with Crippen LogP contribution in [0.25, 0.3) is 64.6 Å². The smallest absolute Gasteiger partial charge is 0.266 e. The Hall–Kier alpha value is -12.1. The molecule has 652 valence electrons. The topological polar surface area (TPSA) is 174 Å². The number of hydrogen-bond donors (Lipinski definition) is 1. The maximum atomic E-state index is 16.5. The lowest BCUT2D eigenvalue weighted by molar-refractivity contribution is 0.0869. The van der Waals surface area contributed by atoms with E-state index in [2.05, 4.69) is 111 Å². The maximum Gasteiger partial charge on any atom is 0.266 e. The van der Waals surface area contributed by atoms with Crippen LogP contribution in [-0.4, -0.2) is 72.4 Å². The predicted molar refractivity (Wildman–Crippen MR) is 518 cm³/mol. The molecule has 0 saturated carbocycles. The lowest BCUT2D eigenvalue weighted by atomic mass is 9.80. The summed E-state index contributed by atoms with van der Waals surface area (Å²) < 4.78 is 14.8. The van der Waals surface area contributed by atoms with E-state index in [1.165, 1.54) is 14.7 Å². The van der Waals surface area contributed by atoms with Gasteiger partial charge in [-0.05, 0) is 192 Å². The van der Waals surface area contributed by atoms with Crippen LogP contribution in [0.3, 0.4) is 0 Å². The van der Waals surface area contributed by atoms with Crippen molar-refractivity contribution in [1.29, 1.82) is 0 Å². The predicted octanol–water partition coefficient (Wildman–Crippen LogP) is 28.3. The first-order valence-electron chi connectivity index (χ1n) is 47.1. The summed E-state index contributed by atoms with van der Waals surface area (Å²) in [5, 5.41) is 20.9. The van der Waals surface area contributed by atoms with Gasteiger partial charge < -0.3 is 24.4 Å². The van der Waals surface area contributed by atoms with E-state index >= 15 is 28.8 Å². The summed E-state index contributed by atoms with van der Waals surface area (Å²) >= 11 is 0. The first-order chi connectivity index (χ1) is 61.6. The Morgan fingerprint density at radius 1 is 0.378 bits per heavy atom. The number of imide groups is 2. The third-order valence-corrected chi connectivity index (χ3v) is 27.2. The van der Waals surface area contributed by atoms with E-state index in [9.17, 15) is 9.90 Å². The van der Waals surface area contributed by atoms with Gasteiger partial charge in [0, 0.05) is 143 Å². The molecule has 0 radical (unpaired) electrons. The van der Waals surface area contributed by atoms with Crippen molar-refractivity contribution in [2.75, 3.05) is 50.7 Å². The molecule has 2 unspecified atom stereocenters. The van der Waals surface area contributed by atoms with Gasteiger partial charge in [-0.15, -0.1) is 0 Å². The Bertz CT molecular complexity index is 6420. The van der Waals surface area contributed by atoms with E-state index in [1.54, 1.807) is 42.5 Å². The molecule has 1 N–H and O–H groups in total. The normalized spacial score (nSPS) is 15.3. The zero-order chi connectivity index (χ0) is 88.9. The lowest BCUT2D eigenvalue weighted by Gasteiger charge is -2.38. The molecule has 2 atom stereocenters. The van der Waals surface area contributed by atoms with Crippen molar-refractivity contribution in [3.63, 3.8) is 0 Å². The van der Waals surface area contributed by atoms with E-state index in [4.69, 9.17) is 9.47 Å². The number of benzene rings is 13. The summed E-state index contributed by atoms with van der Waals surface area (Å²) in [6.07, 6.45) is 17.3. The maximum absolute atomic E-state index is 16.5. The fourth-order valence-electron chi connectivity index (χ4n) is 20.9. The molecule has 3 heterocycles. The molecule has 13 aromatic rings. The van der Waals surface area contributed by atoms with Crippen molar-refractivity contribution in [3.05, 3.63) is 254 Å². The van der Waals surface area contributed by atoms with E-state index in [0.717, 1.165) is 173 Å². The quantitative estimate of drug-likeness (QED) is 0.0173. The molecule has 15 nitrogen and oxygen atoms in total. The highest BCUT2D eigenvalue weighted by molar-refractivity contribution is 6.45. The van der Waals surface area contributed by atoms with Gasteiger partial charge in [0.25, 0.3) is 29.5 Å². The Balaban J connectivity index is 0.820. The minimum Gasteiger partial charge on any atom is -0.457 e. The Kier molecular flexibility index (Phi) is 25.2. The van der Waals surface area contributed by atoms with Crippen molar-refractivity contribution in [1.82, 2.24) is 0 Å². The molecule has 17 rings (SSSR count).